The topological polar surface area (TPSA) is 57.6 Å². The van der Waals surface area contributed by atoms with Gasteiger partial charge in [0.1, 0.15) is 0 Å². The summed E-state index contributed by atoms with van der Waals surface area (Å²) in [5.74, 6) is -1.62. The lowest BCUT2D eigenvalue weighted by Crippen LogP contribution is -2.44. The van der Waals surface area contributed by atoms with Crippen molar-refractivity contribution in [3.8, 4) is 0 Å². The number of hydrogen-bond acceptors (Lipinski definition) is 2. The van der Waals surface area contributed by atoms with Crippen molar-refractivity contribution >= 4 is 17.4 Å². The minimum Gasteiger partial charge on any atom is -0.481 e. The Labute approximate surface area is 141 Å². The van der Waals surface area contributed by atoms with Gasteiger partial charge < -0.3 is 10.0 Å². The maximum absolute atomic E-state index is 12.9. The molecular formula is C20H21NO3. The molecule has 2 bridgehead atoms. The molecule has 1 amide bonds. The molecule has 0 unspecified atom stereocenters. The third-order valence-corrected chi connectivity index (χ3v) is 5.69. The van der Waals surface area contributed by atoms with Crippen LogP contribution < -0.4 is 0 Å². The minimum absolute atomic E-state index is 0.0163. The number of nitrogens with zero attached hydrogens (tertiary/aromatic N) is 1. The van der Waals surface area contributed by atoms with Gasteiger partial charge in [0.05, 0.1) is 11.8 Å². The summed E-state index contributed by atoms with van der Waals surface area (Å²) in [5, 5.41) is 9.53. The molecule has 1 fully saturated rings. The van der Waals surface area contributed by atoms with Crippen LogP contribution in [0.2, 0.25) is 0 Å². The van der Waals surface area contributed by atoms with E-state index in [1.54, 1.807) is 0 Å². The van der Waals surface area contributed by atoms with Crippen molar-refractivity contribution in [2.75, 3.05) is 13.1 Å². The van der Waals surface area contributed by atoms with Crippen LogP contribution >= 0.6 is 0 Å². The van der Waals surface area contributed by atoms with E-state index in [1.807, 2.05) is 35.3 Å². The number of rotatable bonds is 3. The molecule has 4 nitrogen and oxygen atoms in total. The largest absolute Gasteiger partial charge is 0.481 e. The summed E-state index contributed by atoms with van der Waals surface area (Å²) in [6, 6.07) is 10.2. The van der Waals surface area contributed by atoms with Gasteiger partial charge in [-0.05, 0) is 35.8 Å². The molecule has 1 saturated carbocycles. The van der Waals surface area contributed by atoms with E-state index in [4.69, 9.17) is 0 Å². The fraction of sp³-hybridized carbons (Fsp3) is 0.400. The summed E-state index contributed by atoms with van der Waals surface area (Å²) < 4.78 is 0. The SMILES string of the molecule is O=C(O)[C@H]1[C@H](C(=O)N2CC=C(c3ccccc3)CC2)[C@H]2C=C[C@H]1C2. The van der Waals surface area contributed by atoms with Crippen molar-refractivity contribution in [3.05, 3.63) is 54.1 Å². The predicted molar refractivity (Wildman–Crippen MR) is 91.0 cm³/mol. The Kier molecular flexibility index (Phi) is 3.75. The van der Waals surface area contributed by atoms with Crippen LogP contribution in [0.5, 0.6) is 0 Å². The highest BCUT2D eigenvalue weighted by atomic mass is 16.4. The standard InChI is InChI=1S/C20H21NO3/c22-19(17-15-6-7-16(12-15)18(17)20(23)24)21-10-8-14(9-11-21)13-4-2-1-3-5-13/h1-8,15-18H,9-12H2,(H,23,24)/t15-,16-,17+,18+/m0/s1. The zero-order valence-electron chi connectivity index (χ0n) is 13.5. The maximum atomic E-state index is 12.9. The molecule has 1 N–H and O–H groups in total. The molecule has 0 radical (unpaired) electrons. The fourth-order valence-corrected chi connectivity index (χ4v) is 4.49. The number of allylic oxidation sites excluding steroid dienone is 2. The number of amides is 1. The van der Waals surface area contributed by atoms with Gasteiger partial charge in [-0.15, -0.1) is 0 Å². The molecule has 4 atom stereocenters. The van der Waals surface area contributed by atoms with Crippen LogP contribution in [0.15, 0.2) is 48.6 Å². The molecule has 3 aliphatic rings. The van der Waals surface area contributed by atoms with E-state index in [2.05, 4.69) is 18.2 Å². The third-order valence-electron chi connectivity index (χ3n) is 5.69. The van der Waals surface area contributed by atoms with E-state index in [0.717, 1.165) is 12.8 Å². The Morgan fingerprint density at radius 3 is 2.38 bits per heavy atom. The quantitative estimate of drug-likeness (QED) is 0.870. The van der Waals surface area contributed by atoms with Gasteiger partial charge in [-0.1, -0.05) is 48.6 Å². The Hall–Kier alpha value is -2.36. The Morgan fingerprint density at radius 1 is 1.04 bits per heavy atom. The molecule has 2 aliphatic carbocycles. The van der Waals surface area contributed by atoms with Gasteiger partial charge in [0, 0.05) is 13.1 Å². The lowest BCUT2D eigenvalue weighted by Gasteiger charge is -2.33. The van der Waals surface area contributed by atoms with Crippen molar-refractivity contribution in [1.29, 1.82) is 0 Å². The van der Waals surface area contributed by atoms with Crippen LogP contribution in [-0.2, 0) is 9.59 Å². The van der Waals surface area contributed by atoms with Crippen LogP contribution in [0, 0.1) is 23.7 Å². The number of hydrogen-bond donors (Lipinski definition) is 1. The minimum atomic E-state index is -0.831. The molecule has 24 heavy (non-hydrogen) atoms. The van der Waals surface area contributed by atoms with E-state index >= 15 is 0 Å². The van der Waals surface area contributed by atoms with E-state index in [1.165, 1.54) is 11.1 Å². The number of carbonyl (C=O) groups is 2. The second-order valence-electron chi connectivity index (χ2n) is 6.97. The zero-order chi connectivity index (χ0) is 16.7. The van der Waals surface area contributed by atoms with E-state index in [9.17, 15) is 14.7 Å². The third kappa shape index (κ3) is 2.46. The summed E-state index contributed by atoms with van der Waals surface area (Å²) in [6.07, 6.45) is 7.77. The molecule has 1 aliphatic heterocycles. The lowest BCUT2D eigenvalue weighted by molar-refractivity contribution is -0.150. The first-order valence-electron chi connectivity index (χ1n) is 8.59. The highest BCUT2D eigenvalue weighted by molar-refractivity contribution is 5.87. The highest BCUT2D eigenvalue weighted by Crippen LogP contribution is 2.49. The van der Waals surface area contributed by atoms with Gasteiger partial charge in [-0.3, -0.25) is 9.59 Å². The Bertz CT molecular complexity index is 722. The second-order valence-corrected chi connectivity index (χ2v) is 6.97. The normalized spacial score (nSPS) is 31.2. The number of fused-ring (bicyclic) bond motifs is 2. The Balaban J connectivity index is 1.50. The van der Waals surface area contributed by atoms with Crippen molar-refractivity contribution in [1.82, 2.24) is 4.90 Å². The van der Waals surface area contributed by atoms with Crippen LogP contribution in [0.4, 0.5) is 0 Å². The van der Waals surface area contributed by atoms with Crippen molar-refractivity contribution < 1.29 is 14.7 Å². The smallest absolute Gasteiger partial charge is 0.307 e. The van der Waals surface area contributed by atoms with Crippen LogP contribution in [0.25, 0.3) is 5.57 Å². The summed E-state index contributed by atoms with van der Waals surface area (Å²) >= 11 is 0. The van der Waals surface area contributed by atoms with Gasteiger partial charge in [0.15, 0.2) is 0 Å². The summed E-state index contributed by atoms with van der Waals surface area (Å²) in [6.45, 7) is 1.25. The molecule has 4 rings (SSSR count). The van der Waals surface area contributed by atoms with Gasteiger partial charge >= 0.3 is 5.97 Å². The van der Waals surface area contributed by atoms with E-state index in [-0.39, 0.29) is 23.7 Å². The van der Waals surface area contributed by atoms with Crippen LogP contribution in [0.3, 0.4) is 0 Å². The number of carboxylic acid groups (broad SMARTS) is 1. The molecular weight excluding hydrogens is 302 g/mol. The molecule has 124 valence electrons. The molecule has 0 spiro atoms. The first-order chi connectivity index (χ1) is 11.6. The highest BCUT2D eigenvalue weighted by Gasteiger charge is 2.52. The maximum Gasteiger partial charge on any atom is 0.307 e. The number of benzene rings is 1. The van der Waals surface area contributed by atoms with E-state index < -0.39 is 11.9 Å². The van der Waals surface area contributed by atoms with Gasteiger partial charge in [-0.2, -0.15) is 0 Å². The lowest BCUT2D eigenvalue weighted by atomic mass is 9.82. The van der Waals surface area contributed by atoms with Gasteiger partial charge in [0.25, 0.3) is 0 Å². The van der Waals surface area contributed by atoms with Gasteiger partial charge in [-0.25, -0.2) is 0 Å². The molecule has 0 aromatic heterocycles. The summed E-state index contributed by atoms with van der Waals surface area (Å²) in [7, 11) is 0. The first-order valence-corrected chi connectivity index (χ1v) is 8.59. The zero-order valence-corrected chi connectivity index (χ0v) is 13.5. The predicted octanol–water partition coefficient (Wildman–Crippen LogP) is 2.83. The molecule has 0 saturated heterocycles. The molecule has 1 aromatic carbocycles. The van der Waals surface area contributed by atoms with Crippen LogP contribution in [0.1, 0.15) is 18.4 Å². The number of aliphatic carboxylic acids is 1. The second kappa shape index (κ2) is 5.93. The number of carboxylic acids is 1. The van der Waals surface area contributed by atoms with Gasteiger partial charge in [0.2, 0.25) is 5.91 Å². The summed E-state index contributed by atoms with van der Waals surface area (Å²) in [4.78, 5) is 26.4. The average Bonchev–Trinajstić information content (AvgIpc) is 3.23. The first kappa shape index (κ1) is 15.2. The molecule has 1 aromatic rings. The van der Waals surface area contributed by atoms with E-state index in [0.29, 0.717) is 13.1 Å². The average molecular weight is 323 g/mol. The van der Waals surface area contributed by atoms with Crippen molar-refractivity contribution in [2.24, 2.45) is 23.7 Å². The van der Waals surface area contributed by atoms with Crippen LogP contribution in [-0.4, -0.2) is 35.0 Å². The van der Waals surface area contributed by atoms with Crippen molar-refractivity contribution in [2.45, 2.75) is 12.8 Å². The monoisotopic (exact) mass is 323 g/mol. The summed E-state index contributed by atoms with van der Waals surface area (Å²) in [5.41, 5.74) is 2.47. The Morgan fingerprint density at radius 2 is 1.75 bits per heavy atom. The number of carbonyl (C=O) groups excluding carboxylic acids is 1. The van der Waals surface area contributed by atoms with Crippen molar-refractivity contribution in [3.63, 3.8) is 0 Å². The molecule has 1 heterocycles. The molecule has 4 heteroatoms. The fourth-order valence-electron chi connectivity index (χ4n) is 4.49.